The number of benzene rings is 2. The molecule has 3 heteroatoms. The number of allylic oxidation sites excluding steroid dienone is 1. The number of thioether (sulfide) groups is 1. The zero-order valence-corrected chi connectivity index (χ0v) is 10.2. The molecule has 0 aliphatic carbocycles. The summed E-state index contributed by atoms with van der Waals surface area (Å²) in [5, 5.41) is 5.59. The number of halogens is 1. The fraction of sp³-hybridized carbons (Fsp3) is 0.143. The van der Waals surface area contributed by atoms with Crippen LogP contribution in [0, 0.1) is 5.82 Å². The second-order valence-corrected chi connectivity index (χ2v) is 5.52. The van der Waals surface area contributed by atoms with Crippen LogP contribution in [0.2, 0.25) is 0 Å². The Kier molecular flexibility index (Phi) is 2.56. The van der Waals surface area contributed by atoms with Gasteiger partial charge in [-0.15, -0.1) is 0 Å². The predicted octanol–water partition coefficient (Wildman–Crippen LogP) is 4.18. The highest BCUT2D eigenvalue weighted by atomic mass is 32.2. The van der Waals surface area contributed by atoms with Gasteiger partial charge >= 0.3 is 0 Å². The van der Waals surface area contributed by atoms with Gasteiger partial charge in [-0.1, -0.05) is 30.0 Å². The Bertz CT molecular complexity index is 606. The van der Waals surface area contributed by atoms with Gasteiger partial charge in [0.15, 0.2) is 0 Å². The largest absolute Gasteiger partial charge is 0.375 e. The highest BCUT2D eigenvalue weighted by Gasteiger charge is 2.16. The van der Waals surface area contributed by atoms with Gasteiger partial charge in [0.25, 0.3) is 0 Å². The highest BCUT2D eigenvalue weighted by molar-refractivity contribution is 8.03. The van der Waals surface area contributed by atoms with E-state index < -0.39 is 0 Å². The maximum atomic E-state index is 13.2. The third-order valence-corrected chi connectivity index (χ3v) is 4.00. The van der Waals surface area contributed by atoms with E-state index in [-0.39, 0.29) is 11.2 Å². The molecule has 1 aliphatic rings. The van der Waals surface area contributed by atoms with Crippen LogP contribution in [-0.2, 0) is 0 Å². The van der Waals surface area contributed by atoms with Gasteiger partial charge < -0.3 is 5.32 Å². The normalized spacial score (nSPS) is 19.2. The molecule has 2 aromatic carbocycles. The van der Waals surface area contributed by atoms with Crippen LogP contribution in [0.3, 0.4) is 0 Å². The zero-order chi connectivity index (χ0) is 11.8. The van der Waals surface area contributed by atoms with Crippen LogP contribution in [0.5, 0.6) is 0 Å². The average molecular weight is 245 g/mol. The molecule has 1 N–H and O–H groups in total. The molecule has 3 rings (SSSR count). The minimum Gasteiger partial charge on any atom is -0.375 e. The Morgan fingerprint density at radius 2 is 1.94 bits per heavy atom. The summed E-state index contributed by atoms with van der Waals surface area (Å²) in [4.78, 5) is 1.27. The molecule has 1 atom stereocenters. The highest BCUT2D eigenvalue weighted by Crippen LogP contribution is 2.37. The summed E-state index contributed by atoms with van der Waals surface area (Å²) in [6.45, 7) is 2.08. The summed E-state index contributed by atoms with van der Waals surface area (Å²) in [7, 11) is 0. The SMILES string of the molecule is CC1=CNC(c2ccc3ccc(F)cc3c2)S1. The number of nitrogens with one attached hydrogen (secondary N) is 1. The van der Waals surface area contributed by atoms with E-state index in [1.807, 2.05) is 18.3 Å². The van der Waals surface area contributed by atoms with Gasteiger partial charge in [-0.2, -0.15) is 0 Å². The quantitative estimate of drug-likeness (QED) is 0.809. The van der Waals surface area contributed by atoms with Gasteiger partial charge in [-0.3, -0.25) is 0 Å². The molecule has 0 spiro atoms. The van der Waals surface area contributed by atoms with Crippen LogP contribution in [-0.4, -0.2) is 0 Å². The minimum atomic E-state index is -0.184. The van der Waals surface area contributed by atoms with Crippen LogP contribution < -0.4 is 5.32 Å². The lowest BCUT2D eigenvalue weighted by molar-refractivity contribution is 0.629. The van der Waals surface area contributed by atoms with Gasteiger partial charge in [0, 0.05) is 6.20 Å². The lowest BCUT2D eigenvalue weighted by Gasteiger charge is -2.11. The molecule has 0 bridgehead atoms. The molecule has 1 nitrogen and oxygen atoms in total. The minimum absolute atomic E-state index is 0.184. The van der Waals surface area contributed by atoms with Crippen molar-refractivity contribution in [3.63, 3.8) is 0 Å². The van der Waals surface area contributed by atoms with Gasteiger partial charge in [-0.05, 0) is 46.4 Å². The maximum absolute atomic E-state index is 13.2. The third-order valence-electron chi connectivity index (χ3n) is 2.87. The van der Waals surface area contributed by atoms with Crippen molar-refractivity contribution in [3.05, 3.63) is 58.9 Å². The fourth-order valence-electron chi connectivity index (χ4n) is 2.01. The number of hydrogen-bond acceptors (Lipinski definition) is 2. The summed E-state index contributed by atoms with van der Waals surface area (Å²) >= 11 is 1.79. The molecule has 1 aliphatic heterocycles. The first-order chi connectivity index (χ1) is 8.22. The summed E-state index contributed by atoms with van der Waals surface area (Å²) in [6, 6.07) is 11.1. The Balaban J connectivity index is 2.01. The first-order valence-corrected chi connectivity index (χ1v) is 6.39. The molecule has 0 radical (unpaired) electrons. The van der Waals surface area contributed by atoms with Crippen LogP contribution >= 0.6 is 11.8 Å². The monoisotopic (exact) mass is 245 g/mol. The van der Waals surface area contributed by atoms with Gasteiger partial charge in [-0.25, -0.2) is 4.39 Å². The van der Waals surface area contributed by atoms with Gasteiger partial charge in [0.2, 0.25) is 0 Å². The second kappa shape index (κ2) is 4.08. The van der Waals surface area contributed by atoms with E-state index >= 15 is 0 Å². The molecule has 0 fully saturated rings. The van der Waals surface area contributed by atoms with Crippen molar-refractivity contribution in [1.82, 2.24) is 5.32 Å². The van der Waals surface area contributed by atoms with E-state index in [0.29, 0.717) is 0 Å². The number of fused-ring (bicyclic) bond motifs is 1. The van der Waals surface area contributed by atoms with E-state index in [1.165, 1.54) is 16.5 Å². The van der Waals surface area contributed by atoms with Crippen molar-refractivity contribution in [2.75, 3.05) is 0 Å². The zero-order valence-electron chi connectivity index (χ0n) is 9.41. The topological polar surface area (TPSA) is 12.0 Å². The predicted molar refractivity (Wildman–Crippen MR) is 71.1 cm³/mol. The van der Waals surface area contributed by atoms with Gasteiger partial charge in [0.1, 0.15) is 11.2 Å². The molecule has 0 saturated carbocycles. The fourth-order valence-corrected chi connectivity index (χ4v) is 2.94. The maximum Gasteiger partial charge on any atom is 0.123 e. The molecule has 86 valence electrons. The van der Waals surface area contributed by atoms with E-state index in [1.54, 1.807) is 17.8 Å². The van der Waals surface area contributed by atoms with Crippen molar-refractivity contribution in [3.8, 4) is 0 Å². The molecule has 1 unspecified atom stereocenters. The molecular weight excluding hydrogens is 233 g/mol. The van der Waals surface area contributed by atoms with Crippen molar-refractivity contribution in [2.24, 2.45) is 0 Å². The lowest BCUT2D eigenvalue weighted by atomic mass is 10.1. The van der Waals surface area contributed by atoms with Crippen molar-refractivity contribution in [2.45, 2.75) is 12.3 Å². The third kappa shape index (κ3) is 2.03. The standard InChI is InChI=1S/C14H12FNS/c1-9-8-16-14(17-9)11-3-2-10-4-5-13(15)7-12(10)6-11/h2-8,14,16H,1H3. The lowest BCUT2D eigenvalue weighted by Crippen LogP contribution is -2.06. The van der Waals surface area contributed by atoms with Crippen molar-refractivity contribution in [1.29, 1.82) is 0 Å². The molecule has 0 aromatic heterocycles. The molecule has 0 saturated heterocycles. The van der Waals surface area contributed by atoms with E-state index in [0.717, 1.165) is 10.8 Å². The molecular formula is C14H12FNS. The van der Waals surface area contributed by atoms with Crippen molar-refractivity contribution >= 4 is 22.5 Å². The Labute approximate surface area is 104 Å². The van der Waals surface area contributed by atoms with E-state index in [4.69, 9.17) is 0 Å². The Morgan fingerprint density at radius 3 is 2.71 bits per heavy atom. The Hall–Kier alpha value is -1.48. The first-order valence-electron chi connectivity index (χ1n) is 5.51. The summed E-state index contributed by atoms with van der Waals surface area (Å²) in [5.74, 6) is -0.184. The summed E-state index contributed by atoms with van der Waals surface area (Å²) in [5.41, 5.74) is 1.18. The average Bonchev–Trinajstić information content (AvgIpc) is 2.75. The molecule has 0 amide bonds. The molecule has 2 aromatic rings. The van der Waals surface area contributed by atoms with Gasteiger partial charge in [0.05, 0.1) is 0 Å². The molecule has 17 heavy (non-hydrogen) atoms. The van der Waals surface area contributed by atoms with Crippen molar-refractivity contribution < 1.29 is 4.39 Å². The van der Waals surface area contributed by atoms with E-state index in [2.05, 4.69) is 24.4 Å². The summed E-state index contributed by atoms with van der Waals surface area (Å²) in [6.07, 6.45) is 2.02. The van der Waals surface area contributed by atoms with Crippen LogP contribution in [0.25, 0.3) is 10.8 Å². The van der Waals surface area contributed by atoms with Crippen LogP contribution in [0.15, 0.2) is 47.5 Å². The number of rotatable bonds is 1. The van der Waals surface area contributed by atoms with Crippen LogP contribution in [0.4, 0.5) is 4.39 Å². The second-order valence-electron chi connectivity index (χ2n) is 4.17. The van der Waals surface area contributed by atoms with Crippen LogP contribution in [0.1, 0.15) is 17.9 Å². The summed E-state index contributed by atoms with van der Waals surface area (Å²) < 4.78 is 13.2. The first kappa shape index (κ1) is 10.7. The molecule has 1 heterocycles. The van der Waals surface area contributed by atoms with E-state index in [9.17, 15) is 4.39 Å². The Morgan fingerprint density at radius 1 is 1.12 bits per heavy atom. The number of hydrogen-bond donors (Lipinski definition) is 1. The smallest absolute Gasteiger partial charge is 0.123 e.